The first kappa shape index (κ1) is 15.5. The third-order valence-electron chi connectivity index (χ3n) is 3.02. The molecule has 0 aliphatic heterocycles. The van der Waals surface area contributed by atoms with Crippen LogP contribution in [0, 0.1) is 17.5 Å². The average molecular weight is 317 g/mol. The molecule has 0 spiro atoms. The maximum atomic E-state index is 13.8. The van der Waals surface area contributed by atoms with Crippen LogP contribution in [0.2, 0.25) is 0 Å². The Labute approximate surface area is 125 Å². The van der Waals surface area contributed by atoms with Crippen molar-refractivity contribution in [2.45, 2.75) is 5.38 Å². The van der Waals surface area contributed by atoms with Crippen molar-refractivity contribution in [1.82, 2.24) is 0 Å². The minimum atomic E-state index is -1.27. The molecule has 112 valence electrons. The van der Waals surface area contributed by atoms with E-state index in [4.69, 9.17) is 21.1 Å². The molecule has 0 radical (unpaired) electrons. The fourth-order valence-electron chi connectivity index (χ4n) is 1.94. The van der Waals surface area contributed by atoms with E-state index in [2.05, 4.69) is 0 Å². The van der Waals surface area contributed by atoms with Gasteiger partial charge in [0, 0.05) is 17.2 Å². The number of halogens is 4. The molecular formula is C15H12ClF3O2. The Bertz CT molecular complexity index is 662. The maximum absolute atomic E-state index is 13.8. The second-order valence-electron chi connectivity index (χ2n) is 4.26. The summed E-state index contributed by atoms with van der Waals surface area (Å²) in [6, 6.07) is 6.00. The molecule has 2 aromatic carbocycles. The zero-order valence-corrected chi connectivity index (χ0v) is 12.0. The number of benzene rings is 2. The first-order chi connectivity index (χ1) is 9.97. The number of alkyl halides is 1. The molecule has 0 amide bonds. The van der Waals surface area contributed by atoms with Crippen LogP contribution in [-0.4, -0.2) is 14.2 Å². The van der Waals surface area contributed by atoms with Crippen molar-refractivity contribution in [3.63, 3.8) is 0 Å². The number of ether oxygens (including phenoxy) is 2. The van der Waals surface area contributed by atoms with Gasteiger partial charge < -0.3 is 9.47 Å². The molecule has 0 N–H and O–H groups in total. The van der Waals surface area contributed by atoms with Crippen molar-refractivity contribution in [3.8, 4) is 11.5 Å². The summed E-state index contributed by atoms with van der Waals surface area (Å²) in [4.78, 5) is 0. The average Bonchev–Trinajstić information content (AvgIpc) is 2.49. The topological polar surface area (TPSA) is 18.5 Å². The van der Waals surface area contributed by atoms with Gasteiger partial charge in [0.25, 0.3) is 0 Å². The minimum Gasteiger partial charge on any atom is -0.497 e. The van der Waals surface area contributed by atoms with E-state index in [1.807, 2.05) is 0 Å². The predicted molar refractivity (Wildman–Crippen MR) is 73.6 cm³/mol. The van der Waals surface area contributed by atoms with Crippen LogP contribution in [0.15, 0.2) is 30.3 Å². The van der Waals surface area contributed by atoms with Gasteiger partial charge in [-0.3, -0.25) is 0 Å². The van der Waals surface area contributed by atoms with Crippen LogP contribution in [0.25, 0.3) is 0 Å². The standard InChI is InChI=1S/C15H12ClF3O2/c1-20-8-3-4-14(21-2)10(5-8)15(16)9-6-12(18)13(19)7-11(9)17/h3-7,15H,1-2H3. The van der Waals surface area contributed by atoms with E-state index in [1.165, 1.54) is 14.2 Å². The largest absolute Gasteiger partial charge is 0.497 e. The summed E-state index contributed by atoms with van der Waals surface area (Å²) in [6.07, 6.45) is 0. The highest BCUT2D eigenvalue weighted by Crippen LogP contribution is 2.38. The molecule has 2 aromatic rings. The molecule has 21 heavy (non-hydrogen) atoms. The van der Waals surface area contributed by atoms with Crippen LogP contribution in [0.5, 0.6) is 11.5 Å². The number of rotatable bonds is 4. The predicted octanol–water partition coefficient (Wildman–Crippen LogP) is 4.45. The molecule has 0 saturated carbocycles. The van der Waals surface area contributed by atoms with E-state index in [0.717, 1.165) is 6.07 Å². The SMILES string of the molecule is COc1ccc(OC)c(C(Cl)c2cc(F)c(F)cc2F)c1. The Morgan fingerprint density at radius 1 is 0.857 bits per heavy atom. The lowest BCUT2D eigenvalue weighted by molar-refractivity contribution is 0.399. The second kappa shape index (κ2) is 6.26. The van der Waals surface area contributed by atoms with Crippen molar-refractivity contribution in [2.24, 2.45) is 0 Å². The number of hydrogen-bond acceptors (Lipinski definition) is 2. The Morgan fingerprint density at radius 2 is 1.52 bits per heavy atom. The summed E-state index contributed by atoms with van der Waals surface area (Å²) in [7, 11) is 2.89. The molecule has 2 rings (SSSR count). The summed E-state index contributed by atoms with van der Waals surface area (Å²) in [5.41, 5.74) is 0.213. The van der Waals surface area contributed by atoms with Crippen LogP contribution in [0.1, 0.15) is 16.5 Å². The smallest absolute Gasteiger partial charge is 0.161 e. The van der Waals surface area contributed by atoms with Gasteiger partial charge in [-0.1, -0.05) is 0 Å². The van der Waals surface area contributed by atoms with Crippen molar-refractivity contribution >= 4 is 11.6 Å². The van der Waals surface area contributed by atoms with Crippen molar-refractivity contribution in [2.75, 3.05) is 14.2 Å². The third-order valence-corrected chi connectivity index (χ3v) is 3.49. The fourth-order valence-corrected chi connectivity index (χ4v) is 2.27. The maximum Gasteiger partial charge on any atom is 0.161 e. The molecule has 2 nitrogen and oxygen atoms in total. The van der Waals surface area contributed by atoms with Crippen molar-refractivity contribution < 1.29 is 22.6 Å². The highest BCUT2D eigenvalue weighted by Gasteiger charge is 2.22. The summed E-state index contributed by atoms with van der Waals surface area (Å²) in [5.74, 6) is -2.49. The zero-order chi connectivity index (χ0) is 15.6. The van der Waals surface area contributed by atoms with E-state index < -0.39 is 22.8 Å². The minimum absolute atomic E-state index is 0.179. The lowest BCUT2D eigenvalue weighted by Gasteiger charge is -2.16. The van der Waals surface area contributed by atoms with Gasteiger partial charge in [0.05, 0.1) is 19.6 Å². The molecule has 0 aromatic heterocycles. The van der Waals surface area contributed by atoms with Crippen LogP contribution in [-0.2, 0) is 0 Å². The monoisotopic (exact) mass is 316 g/mol. The molecule has 0 aliphatic carbocycles. The van der Waals surface area contributed by atoms with Gasteiger partial charge >= 0.3 is 0 Å². The van der Waals surface area contributed by atoms with E-state index in [0.29, 0.717) is 23.1 Å². The van der Waals surface area contributed by atoms with Gasteiger partial charge in [0.1, 0.15) is 17.3 Å². The molecule has 6 heteroatoms. The van der Waals surface area contributed by atoms with Gasteiger partial charge in [0.15, 0.2) is 11.6 Å². The van der Waals surface area contributed by atoms with Crippen LogP contribution in [0.4, 0.5) is 13.2 Å². The van der Waals surface area contributed by atoms with Gasteiger partial charge in [-0.2, -0.15) is 0 Å². The molecule has 0 heterocycles. The lowest BCUT2D eigenvalue weighted by atomic mass is 10.0. The summed E-state index contributed by atoms with van der Waals surface area (Å²) in [5, 5.41) is -1.05. The Balaban J connectivity index is 2.53. The third kappa shape index (κ3) is 3.08. The molecule has 0 fully saturated rings. The molecule has 1 unspecified atom stereocenters. The normalized spacial score (nSPS) is 12.1. The quantitative estimate of drug-likeness (QED) is 0.613. The van der Waals surface area contributed by atoms with Gasteiger partial charge in [-0.15, -0.1) is 11.6 Å². The van der Waals surface area contributed by atoms with Gasteiger partial charge in [-0.25, -0.2) is 13.2 Å². The Morgan fingerprint density at radius 3 is 2.14 bits per heavy atom. The first-order valence-electron chi connectivity index (χ1n) is 5.98. The Kier molecular flexibility index (Phi) is 4.63. The molecule has 0 aliphatic rings. The second-order valence-corrected chi connectivity index (χ2v) is 4.69. The van der Waals surface area contributed by atoms with E-state index in [1.54, 1.807) is 18.2 Å². The molecule has 0 saturated heterocycles. The molecule has 1 atom stereocenters. The highest BCUT2D eigenvalue weighted by atomic mass is 35.5. The highest BCUT2D eigenvalue weighted by molar-refractivity contribution is 6.22. The summed E-state index contributed by atoms with van der Waals surface area (Å²) >= 11 is 6.21. The first-order valence-corrected chi connectivity index (χ1v) is 6.42. The fraction of sp³-hybridized carbons (Fsp3) is 0.200. The van der Waals surface area contributed by atoms with E-state index in [9.17, 15) is 13.2 Å². The summed E-state index contributed by atoms with van der Waals surface area (Å²) < 4.78 is 50.3. The Hall–Kier alpha value is -1.88. The summed E-state index contributed by atoms with van der Waals surface area (Å²) in [6.45, 7) is 0. The van der Waals surface area contributed by atoms with E-state index in [-0.39, 0.29) is 5.56 Å². The van der Waals surface area contributed by atoms with Crippen LogP contribution in [0.3, 0.4) is 0 Å². The zero-order valence-electron chi connectivity index (χ0n) is 11.3. The van der Waals surface area contributed by atoms with E-state index >= 15 is 0 Å². The van der Waals surface area contributed by atoms with Crippen molar-refractivity contribution in [1.29, 1.82) is 0 Å². The van der Waals surface area contributed by atoms with Crippen LogP contribution < -0.4 is 9.47 Å². The number of hydrogen-bond donors (Lipinski definition) is 0. The van der Waals surface area contributed by atoms with Gasteiger partial charge in [-0.05, 0) is 24.3 Å². The lowest BCUT2D eigenvalue weighted by Crippen LogP contribution is -2.03. The van der Waals surface area contributed by atoms with Gasteiger partial charge in [0.2, 0.25) is 0 Å². The number of methoxy groups -OCH3 is 2. The molecular weight excluding hydrogens is 305 g/mol. The van der Waals surface area contributed by atoms with Crippen LogP contribution >= 0.6 is 11.6 Å². The van der Waals surface area contributed by atoms with Crippen molar-refractivity contribution in [3.05, 3.63) is 58.9 Å². The molecule has 0 bridgehead atoms.